The summed E-state index contributed by atoms with van der Waals surface area (Å²) in [5.41, 5.74) is 1.54. The zero-order valence-corrected chi connectivity index (χ0v) is 17.5. The molecule has 0 aliphatic heterocycles. The summed E-state index contributed by atoms with van der Waals surface area (Å²) in [7, 11) is 0. The molecule has 0 bridgehead atoms. The van der Waals surface area contributed by atoms with Crippen molar-refractivity contribution in [3.05, 3.63) is 39.7 Å². The van der Waals surface area contributed by atoms with E-state index in [0.29, 0.717) is 16.9 Å². The molecule has 0 aliphatic carbocycles. The summed E-state index contributed by atoms with van der Waals surface area (Å²) in [6, 6.07) is 3.95. The van der Waals surface area contributed by atoms with Gasteiger partial charge < -0.3 is 24.4 Å². The van der Waals surface area contributed by atoms with E-state index < -0.39 is 29.6 Å². The van der Waals surface area contributed by atoms with Gasteiger partial charge in [-0.15, -0.1) is 0 Å². The van der Waals surface area contributed by atoms with E-state index in [0.717, 1.165) is 30.2 Å². The summed E-state index contributed by atoms with van der Waals surface area (Å²) in [4.78, 5) is 35.5. The van der Waals surface area contributed by atoms with Crippen LogP contribution in [0.1, 0.15) is 51.7 Å². The number of unbranched alkanes of at least 4 members (excludes halogenated alkanes) is 1. The third-order valence-electron chi connectivity index (χ3n) is 4.89. The minimum absolute atomic E-state index is 0.325. The van der Waals surface area contributed by atoms with E-state index in [2.05, 4.69) is 12.2 Å². The molecule has 1 amide bonds. The number of amides is 1. The SMILES string of the molecule is CCCCc1cc(=O)oc2c(C)c(O[C@@H](C)C(=O)N[C@H](C(=O)[O-])C(C)C)ccc12. The summed E-state index contributed by atoms with van der Waals surface area (Å²) in [5, 5.41) is 14.5. The largest absolute Gasteiger partial charge is 0.548 e. The second kappa shape index (κ2) is 9.58. The average Bonchev–Trinajstić information content (AvgIpc) is 2.65. The fourth-order valence-corrected chi connectivity index (χ4v) is 3.12. The topological polar surface area (TPSA) is 109 Å². The van der Waals surface area contributed by atoms with Gasteiger partial charge in [0.2, 0.25) is 0 Å². The van der Waals surface area contributed by atoms with Crippen LogP contribution < -0.4 is 20.8 Å². The molecule has 0 spiro atoms. The fraction of sp³-hybridized carbons (Fsp3) is 0.500. The highest BCUT2D eigenvalue weighted by Crippen LogP contribution is 2.29. The minimum Gasteiger partial charge on any atom is -0.548 e. The highest BCUT2D eigenvalue weighted by atomic mass is 16.5. The number of aryl methyl sites for hydroxylation is 2. The van der Waals surface area contributed by atoms with Gasteiger partial charge in [0.25, 0.3) is 5.91 Å². The van der Waals surface area contributed by atoms with Gasteiger partial charge in [0.05, 0.1) is 12.0 Å². The maximum absolute atomic E-state index is 12.4. The number of benzene rings is 1. The quantitative estimate of drug-likeness (QED) is 0.644. The zero-order chi connectivity index (χ0) is 21.7. The fourth-order valence-electron chi connectivity index (χ4n) is 3.12. The maximum Gasteiger partial charge on any atom is 0.336 e. The molecule has 0 fully saturated rings. The van der Waals surface area contributed by atoms with Crippen LogP contribution >= 0.6 is 0 Å². The van der Waals surface area contributed by atoms with Crippen LogP contribution in [-0.4, -0.2) is 24.0 Å². The molecule has 0 aliphatic rings. The Morgan fingerprint density at radius 1 is 1.24 bits per heavy atom. The first-order valence-corrected chi connectivity index (χ1v) is 9.89. The van der Waals surface area contributed by atoms with Crippen molar-refractivity contribution in [3.63, 3.8) is 0 Å². The van der Waals surface area contributed by atoms with Gasteiger partial charge in [0.1, 0.15) is 11.3 Å². The first kappa shape index (κ1) is 22.5. The van der Waals surface area contributed by atoms with Crippen molar-refractivity contribution in [1.82, 2.24) is 5.32 Å². The van der Waals surface area contributed by atoms with Gasteiger partial charge in [0.15, 0.2) is 6.10 Å². The number of ether oxygens (including phenoxy) is 1. The van der Waals surface area contributed by atoms with E-state index in [1.54, 1.807) is 26.8 Å². The third kappa shape index (κ3) is 5.37. The van der Waals surface area contributed by atoms with Crippen molar-refractivity contribution in [3.8, 4) is 5.75 Å². The summed E-state index contributed by atoms with van der Waals surface area (Å²) < 4.78 is 11.2. The van der Waals surface area contributed by atoms with E-state index in [4.69, 9.17) is 9.15 Å². The van der Waals surface area contributed by atoms with Crippen LogP contribution in [0.5, 0.6) is 5.75 Å². The monoisotopic (exact) mass is 402 g/mol. The lowest BCUT2D eigenvalue weighted by Gasteiger charge is -2.25. The second-order valence-electron chi connectivity index (χ2n) is 7.57. The van der Waals surface area contributed by atoms with Crippen molar-refractivity contribution < 1.29 is 23.8 Å². The van der Waals surface area contributed by atoms with Crippen molar-refractivity contribution in [2.24, 2.45) is 5.92 Å². The van der Waals surface area contributed by atoms with Gasteiger partial charge in [0, 0.05) is 17.0 Å². The van der Waals surface area contributed by atoms with Gasteiger partial charge in [-0.05, 0) is 50.3 Å². The smallest absolute Gasteiger partial charge is 0.336 e. The first-order chi connectivity index (χ1) is 13.6. The Morgan fingerprint density at radius 3 is 2.52 bits per heavy atom. The molecule has 1 N–H and O–H groups in total. The summed E-state index contributed by atoms with van der Waals surface area (Å²) in [6.45, 7) is 8.73. The van der Waals surface area contributed by atoms with E-state index in [1.165, 1.54) is 13.0 Å². The van der Waals surface area contributed by atoms with Crippen LogP contribution in [0.15, 0.2) is 27.4 Å². The molecule has 1 aromatic heterocycles. The molecule has 0 saturated heterocycles. The molecule has 2 rings (SSSR count). The third-order valence-corrected chi connectivity index (χ3v) is 4.89. The molecule has 29 heavy (non-hydrogen) atoms. The molecule has 0 radical (unpaired) electrons. The van der Waals surface area contributed by atoms with Gasteiger partial charge in [-0.25, -0.2) is 4.79 Å². The van der Waals surface area contributed by atoms with Crippen LogP contribution in [0.2, 0.25) is 0 Å². The number of nitrogens with one attached hydrogen (secondary N) is 1. The van der Waals surface area contributed by atoms with Crippen LogP contribution in [-0.2, 0) is 16.0 Å². The minimum atomic E-state index is -1.34. The Balaban J connectivity index is 2.28. The van der Waals surface area contributed by atoms with E-state index in [9.17, 15) is 19.5 Å². The Kier molecular flexibility index (Phi) is 7.42. The Morgan fingerprint density at radius 2 is 1.93 bits per heavy atom. The van der Waals surface area contributed by atoms with Crippen molar-refractivity contribution >= 4 is 22.8 Å². The number of aliphatic carboxylic acids is 1. The molecule has 1 heterocycles. The molecule has 2 atom stereocenters. The van der Waals surface area contributed by atoms with Gasteiger partial charge in [-0.3, -0.25) is 4.79 Å². The molecule has 1 aromatic carbocycles. The van der Waals surface area contributed by atoms with Crippen LogP contribution in [0, 0.1) is 12.8 Å². The highest BCUT2D eigenvalue weighted by molar-refractivity contribution is 5.87. The average molecular weight is 402 g/mol. The lowest BCUT2D eigenvalue weighted by molar-refractivity contribution is -0.309. The number of rotatable bonds is 9. The molecule has 7 heteroatoms. The standard InChI is InChI=1S/C22H29NO6/c1-6-7-8-15-11-18(24)29-20-13(4)17(10-9-16(15)20)28-14(5)21(25)23-19(12(2)3)22(26)27/h9-12,14,19H,6-8H2,1-5H3,(H,23,25)(H,26,27)/p-1/t14-,19-/m0/s1. The number of hydrogen-bond donors (Lipinski definition) is 1. The lowest BCUT2D eigenvalue weighted by atomic mass is 10.0. The van der Waals surface area contributed by atoms with Crippen molar-refractivity contribution in [2.45, 2.75) is 66.0 Å². The summed E-state index contributed by atoms with van der Waals surface area (Å²) in [5.74, 6) is -1.84. The Hall–Kier alpha value is -2.83. The van der Waals surface area contributed by atoms with E-state index in [1.807, 2.05) is 6.07 Å². The molecular weight excluding hydrogens is 374 g/mol. The predicted octanol–water partition coefficient (Wildman–Crippen LogP) is 2.10. The number of carboxylic acids is 1. The lowest BCUT2D eigenvalue weighted by Crippen LogP contribution is -2.53. The van der Waals surface area contributed by atoms with Gasteiger partial charge in [-0.2, -0.15) is 0 Å². The van der Waals surface area contributed by atoms with Crippen molar-refractivity contribution in [1.29, 1.82) is 0 Å². The Labute approximate surface area is 170 Å². The number of fused-ring (bicyclic) bond motifs is 1. The van der Waals surface area contributed by atoms with Crippen molar-refractivity contribution in [2.75, 3.05) is 0 Å². The van der Waals surface area contributed by atoms with E-state index >= 15 is 0 Å². The number of hydrogen-bond acceptors (Lipinski definition) is 6. The molecule has 158 valence electrons. The summed E-state index contributed by atoms with van der Waals surface area (Å²) in [6.07, 6.45) is 1.80. The number of carbonyl (C=O) groups is 2. The molecule has 7 nitrogen and oxygen atoms in total. The van der Waals surface area contributed by atoms with Gasteiger partial charge in [-0.1, -0.05) is 27.2 Å². The Bertz CT molecular complexity index is 946. The highest BCUT2D eigenvalue weighted by Gasteiger charge is 2.23. The normalized spacial score (nSPS) is 13.3. The number of carbonyl (C=O) groups excluding carboxylic acids is 2. The maximum atomic E-state index is 12.4. The molecule has 0 saturated carbocycles. The van der Waals surface area contributed by atoms with Crippen LogP contribution in [0.3, 0.4) is 0 Å². The molecular formula is C22H28NO6-. The zero-order valence-electron chi connectivity index (χ0n) is 17.5. The van der Waals surface area contributed by atoms with Crippen LogP contribution in [0.25, 0.3) is 11.0 Å². The predicted molar refractivity (Wildman–Crippen MR) is 108 cm³/mol. The van der Waals surface area contributed by atoms with Crippen LogP contribution in [0.4, 0.5) is 0 Å². The second-order valence-corrected chi connectivity index (χ2v) is 7.57. The molecule has 0 unspecified atom stereocenters. The first-order valence-electron chi connectivity index (χ1n) is 9.89. The van der Waals surface area contributed by atoms with E-state index in [-0.39, 0.29) is 5.92 Å². The number of carboxylic acid groups (broad SMARTS) is 1. The molecule has 2 aromatic rings. The summed E-state index contributed by atoms with van der Waals surface area (Å²) >= 11 is 0. The van der Waals surface area contributed by atoms with Gasteiger partial charge >= 0.3 is 5.63 Å².